The van der Waals surface area contributed by atoms with E-state index in [1.165, 1.54) is 4.90 Å². The van der Waals surface area contributed by atoms with Crippen LogP contribution in [0.4, 0.5) is 15.3 Å². The average molecular weight is 351 g/mol. The number of imide groups is 2. The number of hydrogen-bond acceptors (Lipinski definition) is 7. The van der Waals surface area contributed by atoms with Gasteiger partial charge in [-0.25, -0.2) is 0 Å². The van der Waals surface area contributed by atoms with E-state index in [2.05, 4.69) is 5.32 Å². The Balaban J connectivity index is 1.78. The molecule has 120 valence electrons. The van der Waals surface area contributed by atoms with Crippen LogP contribution in [0.1, 0.15) is 0 Å². The van der Waals surface area contributed by atoms with E-state index < -0.39 is 16.5 Å². The first-order chi connectivity index (χ1) is 11.1. The minimum Gasteiger partial charge on any atom is -0.349 e. The highest BCUT2D eigenvalue weighted by molar-refractivity contribution is 8.15. The number of carbonyl (C=O) groups excluding carboxylic acids is 4. The average Bonchev–Trinajstić information content (AvgIpc) is 3.04. The lowest BCUT2D eigenvalue weighted by atomic mass is 10.2. The van der Waals surface area contributed by atoms with Crippen molar-refractivity contribution in [1.82, 2.24) is 10.2 Å². The van der Waals surface area contributed by atoms with Gasteiger partial charge in [-0.3, -0.25) is 29.4 Å². The highest BCUT2D eigenvalue weighted by Gasteiger charge is 2.38. The zero-order valence-corrected chi connectivity index (χ0v) is 13.6. The minimum atomic E-state index is -0.703. The largest absolute Gasteiger partial charge is 0.349 e. The molecule has 0 aromatic heterocycles. The van der Waals surface area contributed by atoms with Crippen LogP contribution in [0.25, 0.3) is 0 Å². The van der Waals surface area contributed by atoms with Crippen LogP contribution in [0.15, 0.2) is 30.3 Å². The van der Waals surface area contributed by atoms with Gasteiger partial charge < -0.3 is 4.90 Å². The fourth-order valence-corrected chi connectivity index (χ4v) is 3.99. The molecule has 2 aliphatic heterocycles. The number of nitrogens with zero attached hydrogens (tertiary/aromatic N) is 2. The Morgan fingerprint density at radius 1 is 1.17 bits per heavy atom. The van der Waals surface area contributed by atoms with E-state index in [0.29, 0.717) is 0 Å². The maximum Gasteiger partial charge on any atom is 0.288 e. The molecule has 3 rings (SSSR count). The van der Waals surface area contributed by atoms with Gasteiger partial charge in [-0.2, -0.15) is 0 Å². The van der Waals surface area contributed by atoms with Crippen LogP contribution < -0.4 is 10.2 Å². The van der Waals surface area contributed by atoms with Crippen molar-refractivity contribution in [2.45, 2.75) is 5.37 Å². The molecule has 0 radical (unpaired) electrons. The third-order valence-corrected chi connectivity index (χ3v) is 5.31. The first-order valence-electron chi connectivity index (χ1n) is 6.86. The minimum absolute atomic E-state index is 0.154. The van der Waals surface area contributed by atoms with Crippen molar-refractivity contribution in [3.63, 3.8) is 0 Å². The number of benzene rings is 1. The summed E-state index contributed by atoms with van der Waals surface area (Å²) in [6, 6.07) is 9.13. The van der Waals surface area contributed by atoms with Crippen LogP contribution in [0, 0.1) is 0 Å². The lowest BCUT2D eigenvalue weighted by Gasteiger charge is -2.29. The maximum atomic E-state index is 12.0. The molecule has 0 saturated carbocycles. The number of para-hydroxylation sites is 1. The van der Waals surface area contributed by atoms with Crippen LogP contribution in [0.2, 0.25) is 0 Å². The molecule has 0 unspecified atom stereocenters. The molecule has 1 aromatic rings. The molecule has 23 heavy (non-hydrogen) atoms. The number of nitrogens with one attached hydrogen (secondary N) is 1. The first kappa shape index (κ1) is 15.9. The van der Waals surface area contributed by atoms with Gasteiger partial charge in [-0.1, -0.05) is 30.0 Å². The molecule has 9 heteroatoms. The van der Waals surface area contributed by atoms with Gasteiger partial charge in [0.05, 0.1) is 5.75 Å². The fourth-order valence-electron chi connectivity index (χ4n) is 2.36. The molecule has 1 aromatic carbocycles. The molecular weight excluding hydrogens is 338 g/mol. The Morgan fingerprint density at radius 3 is 2.48 bits per heavy atom. The van der Waals surface area contributed by atoms with Crippen LogP contribution in [-0.4, -0.2) is 51.4 Å². The highest BCUT2D eigenvalue weighted by Crippen LogP contribution is 2.28. The molecule has 7 nitrogen and oxygen atoms in total. The van der Waals surface area contributed by atoms with Crippen molar-refractivity contribution < 1.29 is 19.2 Å². The van der Waals surface area contributed by atoms with E-state index >= 15 is 0 Å². The summed E-state index contributed by atoms with van der Waals surface area (Å²) in [4.78, 5) is 49.7. The molecular formula is C14H13N3O4S2. The van der Waals surface area contributed by atoms with Gasteiger partial charge in [0, 0.05) is 18.8 Å². The second kappa shape index (κ2) is 6.63. The summed E-state index contributed by atoms with van der Waals surface area (Å²) in [5, 5.41) is 0.877. The molecule has 0 spiro atoms. The summed E-state index contributed by atoms with van der Waals surface area (Å²) in [5.74, 6) is -0.466. The van der Waals surface area contributed by atoms with Crippen LogP contribution in [0.5, 0.6) is 0 Å². The molecule has 2 heterocycles. The number of carbonyl (C=O) groups is 4. The zero-order chi connectivity index (χ0) is 16.4. The van der Waals surface area contributed by atoms with Gasteiger partial charge in [-0.05, 0) is 23.9 Å². The number of amides is 4. The fraction of sp³-hybridized carbons (Fsp3) is 0.286. The summed E-state index contributed by atoms with van der Waals surface area (Å²) in [6.45, 7) is 0.457. The predicted molar refractivity (Wildman–Crippen MR) is 88.3 cm³/mol. The smallest absolute Gasteiger partial charge is 0.288 e. The number of hydrogen-bond donors (Lipinski definition) is 1. The molecule has 0 bridgehead atoms. The van der Waals surface area contributed by atoms with E-state index in [1.807, 2.05) is 30.3 Å². The van der Waals surface area contributed by atoms with Gasteiger partial charge in [0.15, 0.2) is 5.37 Å². The quantitative estimate of drug-likeness (QED) is 0.860. The van der Waals surface area contributed by atoms with Gasteiger partial charge in [-0.15, -0.1) is 0 Å². The Bertz CT molecular complexity index is 651. The second-order valence-corrected chi connectivity index (χ2v) is 6.86. The van der Waals surface area contributed by atoms with E-state index in [1.54, 1.807) is 4.90 Å². The number of rotatable bonds is 5. The SMILES string of the molecule is O=C1NC(=O)[C@H](N(CCN2C(=O)CSC2=O)c2ccccc2)S1. The third kappa shape index (κ3) is 3.35. The summed E-state index contributed by atoms with van der Waals surface area (Å²) in [7, 11) is 0. The van der Waals surface area contributed by atoms with E-state index in [-0.39, 0.29) is 30.0 Å². The second-order valence-electron chi connectivity index (χ2n) is 4.88. The zero-order valence-electron chi connectivity index (χ0n) is 11.9. The van der Waals surface area contributed by atoms with Crippen LogP contribution >= 0.6 is 23.5 Å². The monoisotopic (exact) mass is 351 g/mol. The maximum absolute atomic E-state index is 12.0. The Labute approximate surface area is 140 Å². The number of anilines is 1. The summed E-state index contributed by atoms with van der Waals surface area (Å²) >= 11 is 1.87. The van der Waals surface area contributed by atoms with E-state index in [4.69, 9.17) is 0 Å². The van der Waals surface area contributed by atoms with Crippen molar-refractivity contribution in [3.8, 4) is 0 Å². The predicted octanol–water partition coefficient (Wildman–Crippen LogP) is 1.50. The van der Waals surface area contributed by atoms with Crippen LogP contribution in [0.3, 0.4) is 0 Å². The summed E-state index contributed by atoms with van der Waals surface area (Å²) in [5.41, 5.74) is 0.751. The first-order valence-corrected chi connectivity index (χ1v) is 8.73. The van der Waals surface area contributed by atoms with Crippen molar-refractivity contribution >= 4 is 51.5 Å². The summed E-state index contributed by atoms with van der Waals surface area (Å²) < 4.78 is 0. The van der Waals surface area contributed by atoms with Crippen molar-refractivity contribution in [3.05, 3.63) is 30.3 Å². The molecule has 1 N–H and O–H groups in total. The van der Waals surface area contributed by atoms with Gasteiger partial charge in [0.2, 0.25) is 5.91 Å². The van der Waals surface area contributed by atoms with E-state index in [0.717, 1.165) is 29.2 Å². The molecule has 2 saturated heterocycles. The molecule has 1 atom stereocenters. The highest BCUT2D eigenvalue weighted by atomic mass is 32.2. The van der Waals surface area contributed by atoms with Gasteiger partial charge in [0.1, 0.15) is 0 Å². The van der Waals surface area contributed by atoms with Crippen molar-refractivity contribution in [2.75, 3.05) is 23.7 Å². The molecule has 2 aliphatic rings. The Kier molecular flexibility index (Phi) is 4.58. The molecule has 4 amide bonds. The summed E-state index contributed by atoms with van der Waals surface area (Å²) in [6.07, 6.45) is 0. The topological polar surface area (TPSA) is 86.8 Å². The molecule has 0 aliphatic carbocycles. The standard InChI is InChI=1S/C14H13N3O4S2/c18-10-8-22-14(21)17(10)7-6-16(9-4-2-1-3-5-9)12-11(19)15-13(20)23-12/h1-5,12H,6-8H2,(H,15,19,20)/t12-/m1/s1. The van der Waals surface area contributed by atoms with Crippen LogP contribution in [-0.2, 0) is 9.59 Å². The normalized spacial score (nSPS) is 21.0. The van der Waals surface area contributed by atoms with Crippen molar-refractivity contribution in [1.29, 1.82) is 0 Å². The van der Waals surface area contributed by atoms with Gasteiger partial charge >= 0.3 is 0 Å². The lowest BCUT2D eigenvalue weighted by Crippen LogP contribution is -2.44. The Hall–Kier alpha value is -2.00. The Morgan fingerprint density at radius 2 is 1.91 bits per heavy atom. The lowest BCUT2D eigenvalue weighted by molar-refractivity contribution is -0.124. The molecule has 2 fully saturated rings. The van der Waals surface area contributed by atoms with Gasteiger partial charge in [0.25, 0.3) is 16.4 Å². The third-order valence-electron chi connectivity index (χ3n) is 3.44. The van der Waals surface area contributed by atoms with Crippen molar-refractivity contribution in [2.24, 2.45) is 0 Å². The number of thioether (sulfide) groups is 2. The van der Waals surface area contributed by atoms with E-state index in [9.17, 15) is 19.2 Å².